The predicted molar refractivity (Wildman–Crippen MR) is 165 cm³/mol. The molecule has 38 heavy (non-hydrogen) atoms. The smallest absolute Gasteiger partial charge is 0.0920 e. The van der Waals surface area contributed by atoms with Crippen molar-refractivity contribution in [2.24, 2.45) is 5.92 Å². The fourth-order valence-electron chi connectivity index (χ4n) is 5.27. The average Bonchev–Trinajstić information content (AvgIpc) is 3.44. The summed E-state index contributed by atoms with van der Waals surface area (Å²) in [4.78, 5) is 0. The van der Waals surface area contributed by atoms with Crippen molar-refractivity contribution in [1.82, 2.24) is 0 Å². The first kappa shape index (κ1) is 29.2. The summed E-state index contributed by atoms with van der Waals surface area (Å²) >= 11 is -0.826. The Kier molecular flexibility index (Phi) is 10.4. The molecule has 2 radical (unpaired) electrons. The summed E-state index contributed by atoms with van der Waals surface area (Å²) in [7, 11) is 10.7. The minimum Gasteiger partial charge on any atom is -0.184 e. The van der Waals surface area contributed by atoms with Crippen LogP contribution < -0.4 is 10.4 Å². The molecule has 5 aromatic rings. The molecule has 190 valence electrons. The fourth-order valence-corrected chi connectivity index (χ4v) is 6.58. The second kappa shape index (κ2) is 13.5. The molecule has 4 heteroatoms. The molecule has 0 aromatic heterocycles. The Morgan fingerprint density at radius 3 is 2.26 bits per heavy atom. The largest absolute Gasteiger partial charge is 0.184 e. The number of halogens is 2. The van der Waals surface area contributed by atoms with Crippen LogP contribution in [-0.4, -0.2) is 9.52 Å². The second-order valence-electron chi connectivity index (χ2n) is 10.3. The molecular weight excluding hydrogens is 599 g/mol. The first-order valence-corrected chi connectivity index (χ1v) is 20.2. The van der Waals surface area contributed by atoms with Gasteiger partial charge in [0, 0.05) is 0 Å². The van der Waals surface area contributed by atoms with Crippen molar-refractivity contribution in [3.8, 4) is 22.3 Å². The predicted octanol–water partition coefficient (Wildman–Crippen LogP) is 8.85. The maximum atomic E-state index is 4.93. The molecule has 0 saturated heterocycles. The van der Waals surface area contributed by atoms with Crippen molar-refractivity contribution in [3.63, 3.8) is 0 Å². The molecule has 0 spiro atoms. The van der Waals surface area contributed by atoms with E-state index in [-0.39, 0.29) is 0 Å². The van der Waals surface area contributed by atoms with Crippen LogP contribution in [0.15, 0.2) is 84.9 Å². The molecule has 0 nitrogen and oxygen atoms in total. The van der Waals surface area contributed by atoms with E-state index in [1.807, 2.05) is 6.07 Å². The van der Waals surface area contributed by atoms with Gasteiger partial charge in [-0.2, -0.15) is 35.5 Å². The third-order valence-corrected chi connectivity index (χ3v) is 8.01. The van der Waals surface area contributed by atoms with E-state index < -0.39 is 20.8 Å². The molecule has 0 bridgehead atoms. The Balaban J connectivity index is 0.000000177. The van der Waals surface area contributed by atoms with Gasteiger partial charge in [0.15, 0.2) is 0 Å². The van der Waals surface area contributed by atoms with Gasteiger partial charge in [0.1, 0.15) is 0 Å². The van der Waals surface area contributed by atoms with Crippen molar-refractivity contribution < 1.29 is 20.8 Å². The summed E-state index contributed by atoms with van der Waals surface area (Å²) in [5.41, 5.74) is 11.0. The van der Waals surface area contributed by atoms with Crippen LogP contribution in [0.2, 0.25) is 0 Å². The van der Waals surface area contributed by atoms with E-state index in [0.29, 0.717) is 5.92 Å². The molecule has 0 N–H and O–H groups in total. The topological polar surface area (TPSA) is 0 Å². The van der Waals surface area contributed by atoms with Gasteiger partial charge in [-0.1, -0.05) is 89.3 Å². The van der Waals surface area contributed by atoms with E-state index in [1.54, 1.807) is 0 Å². The quantitative estimate of drug-likeness (QED) is 0.135. The van der Waals surface area contributed by atoms with Crippen LogP contribution in [0.3, 0.4) is 0 Å². The molecule has 0 aliphatic carbocycles. The number of rotatable bonds is 3. The van der Waals surface area contributed by atoms with E-state index in [1.165, 1.54) is 65.7 Å². The Morgan fingerprint density at radius 1 is 0.868 bits per heavy atom. The van der Waals surface area contributed by atoms with Gasteiger partial charge >= 0.3 is 37.9 Å². The van der Waals surface area contributed by atoms with Gasteiger partial charge in [-0.15, -0.1) is 40.1 Å². The molecule has 0 fully saturated rings. The molecule has 1 aliphatic rings. The summed E-state index contributed by atoms with van der Waals surface area (Å²) in [5.74, 6) is 0.697. The molecule has 0 atom stereocenters. The molecular formula is C34H32Cl2SiZr. The summed E-state index contributed by atoms with van der Waals surface area (Å²) < 4.78 is 0. The minimum absolute atomic E-state index is 0.697. The Morgan fingerprint density at radius 2 is 1.55 bits per heavy atom. The van der Waals surface area contributed by atoms with Crippen molar-refractivity contribution >= 4 is 47.7 Å². The number of hydrogen-bond acceptors (Lipinski definition) is 0. The van der Waals surface area contributed by atoms with E-state index in [0.717, 1.165) is 15.9 Å². The van der Waals surface area contributed by atoms with Crippen molar-refractivity contribution in [1.29, 1.82) is 0 Å². The molecule has 1 heterocycles. The first-order chi connectivity index (χ1) is 18.3. The van der Waals surface area contributed by atoms with Gasteiger partial charge in [0.25, 0.3) is 0 Å². The van der Waals surface area contributed by atoms with Crippen LogP contribution in [0.1, 0.15) is 36.1 Å². The number of hydrogen-bond donors (Lipinski definition) is 0. The van der Waals surface area contributed by atoms with Crippen LogP contribution in [0, 0.1) is 32.8 Å². The normalized spacial score (nSPS) is 11.2. The van der Waals surface area contributed by atoms with Crippen molar-refractivity contribution in [2.75, 3.05) is 0 Å². The standard InChI is InChI=1S/C22H25.C12H7Si.2ClH.Zr/c1-14(2)8-18-12-19-7-6-17(5)22(21(19)13-18)20-10-15(3)9-16(4)11-20;1-3-7-11-9(5-1)10-6-2-4-8-12(10)13-11;;;/h6-7,9-14H,8H2,1-5H3;1-7H;2*1H;/q2*-1;;;+4/p-2. The average molecular weight is 631 g/mol. The van der Waals surface area contributed by atoms with Crippen molar-refractivity contribution in [3.05, 3.63) is 113 Å². The maximum absolute atomic E-state index is 4.93. The second-order valence-corrected chi connectivity index (χ2v) is 15.3. The molecule has 5 aromatic carbocycles. The Hall–Kier alpha value is -1.83. The minimum atomic E-state index is -0.826. The Labute approximate surface area is 249 Å². The Bertz CT molecular complexity index is 1470. The zero-order chi connectivity index (χ0) is 27.2. The van der Waals surface area contributed by atoms with E-state index in [9.17, 15) is 0 Å². The zero-order valence-corrected chi connectivity index (χ0v) is 27.6. The van der Waals surface area contributed by atoms with Gasteiger partial charge in [0.05, 0.1) is 9.52 Å². The van der Waals surface area contributed by atoms with E-state index >= 15 is 0 Å². The van der Waals surface area contributed by atoms with Gasteiger partial charge in [0.2, 0.25) is 0 Å². The van der Waals surface area contributed by atoms with Crippen LogP contribution in [0.25, 0.3) is 33.0 Å². The fraction of sp³-hybridized carbons (Fsp3) is 0.206. The third-order valence-electron chi connectivity index (χ3n) is 6.65. The van der Waals surface area contributed by atoms with Gasteiger partial charge < -0.3 is 0 Å². The monoisotopic (exact) mass is 628 g/mol. The third kappa shape index (κ3) is 7.02. The van der Waals surface area contributed by atoms with E-state index in [4.69, 9.17) is 17.0 Å². The van der Waals surface area contributed by atoms with Crippen molar-refractivity contribution in [2.45, 2.75) is 41.0 Å². The summed E-state index contributed by atoms with van der Waals surface area (Å²) in [6, 6.07) is 34.3. The van der Waals surface area contributed by atoms with Gasteiger partial charge in [-0.05, 0) is 38.7 Å². The van der Waals surface area contributed by atoms with Gasteiger partial charge in [-0.25, -0.2) is 0 Å². The molecule has 6 rings (SSSR count). The molecule has 0 saturated carbocycles. The SMILES string of the molecule is Cc1cc(C)cc(-c2c(C)ccc3[cH-]c(CC(C)C)cc23)c1.[Cl][Zr+2][Cl].[c-]1cccc2c1[Si]c1ccccc1-2. The molecule has 0 unspecified atom stereocenters. The van der Waals surface area contributed by atoms with Crippen LogP contribution in [0.4, 0.5) is 0 Å². The number of fused-ring (bicyclic) bond motifs is 4. The van der Waals surface area contributed by atoms with Crippen LogP contribution in [-0.2, 0) is 27.3 Å². The number of benzene rings is 4. The molecule has 0 amide bonds. The number of aryl methyl sites for hydroxylation is 3. The zero-order valence-electron chi connectivity index (χ0n) is 22.6. The summed E-state index contributed by atoms with van der Waals surface area (Å²) in [6.07, 6.45) is 1.15. The molecule has 1 aliphatic heterocycles. The van der Waals surface area contributed by atoms with Crippen LogP contribution >= 0.6 is 17.0 Å². The van der Waals surface area contributed by atoms with E-state index in [2.05, 4.69) is 120 Å². The van der Waals surface area contributed by atoms with Gasteiger partial charge in [-0.3, -0.25) is 0 Å². The maximum Gasteiger partial charge on any atom is 0.0920 e. The van der Waals surface area contributed by atoms with Crippen LogP contribution in [0.5, 0.6) is 0 Å². The summed E-state index contributed by atoms with van der Waals surface area (Å²) in [6.45, 7) is 11.2. The summed E-state index contributed by atoms with van der Waals surface area (Å²) in [5, 5.41) is 5.60. The first-order valence-electron chi connectivity index (χ1n) is 12.9.